The van der Waals surface area contributed by atoms with Gasteiger partial charge in [0.05, 0.1) is 25.9 Å². The number of aromatic hydroxyl groups is 1. The third kappa shape index (κ3) is 7.61. The lowest BCUT2D eigenvalue weighted by Gasteiger charge is -2.17. The molecule has 0 unspecified atom stereocenters. The first kappa shape index (κ1) is 30.0. The van der Waals surface area contributed by atoms with Gasteiger partial charge in [-0.1, -0.05) is 62.4 Å². The molecule has 0 aliphatic heterocycles. The zero-order valence-electron chi connectivity index (χ0n) is 23.6. The average Bonchev–Trinajstić information content (AvgIpc) is 2.99. The van der Waals surface area contributed by atoms with Crippen molar-refractivity contribution in [2.45, 2.75) is 49.3 Å². The van der Waals surface area contributed by atoms with E-state index in [4.69, 9.17) is 14.2 Å². The van der Waals surface area contributed by atoms with Crippen LogP contribution in [0.4, 0.5) is 4.39 Å². The smallest absolute Gasteiger partial charge is 0.339 e. The van der Waals surface area contributed by atoms with Gasteiger partial charge in [0.25, 0.3) is 0 Å². The van der Waals surface area contributed by atoms with Gasteiger partial charge < -0.3 is 19.3 Å². The van der Waals surface area contributed by atoms with E-state index in [1.807, 2.05) is 49.4 Å². The molecule has 0 radical (unpaired) electrons. The number of carbonyl (C=O) groups is 1. The number of halogens is 1. The molecule has 0 spiro atoms. The van der Waals surface area contributed by atoms with Gasteiger partial charge in [0.2, 0.25) is 0 Å². The molecule has 0 saturated heterocycles. The summed E-state index contributed by atoms with van der Waals surface area (Å²) in [5.41, 5.74) is 4.00. The van der Waals surface area contributed by atoms with Crippen molar-refractivity contribution in [3.05, 3.63) is 101 Å². The van der Waals surface area contributed by atoms with Crippen molar-refractivity contribution in [3.63, 3.8) is 0 Å². The summed E-state index contributed by atoms with van der Waals surface area (Å²) in [6, 6.07) is 23.0. The summed E-state index contributed by atoms with van der Waals surface area (Å²) < 4.78 is 30.5. The van der Waals surface area contributed by atoms with Crippen LogP contribution in [0, 0.1) is 5.82 Å². The number of esters is 1. The quantitative estimate of drug-likeness (QED) is 0.128. The molecule has 0 saturated carbocycles. The predicted molar refractivity (Wildman–Crippen MR) is 161 cm³/mol. The van der Waals surface area contributed by atoms with Crippen LogP contribution in [0.2, 0.25) is 0 Å². The third-order valence-electron chi connectivity index (χ3n) is 6.62. The Morgan fingerprint density at radius 3 is 2.29 bits per heavy atom. The van der Waals surface area contributed by atoms with Crippen LogP contribution in [0.25, 0.3) is 11.1 Å². The molecule has 0 aliphatic rings. The molecule has 4 aromatic rings. The fourth-order valence-corrected chi connectivity index (χ4v) is 5.65. The molecule has 0 amide bonds. The molecule has 0 atom stereocenters. The number of methoxy groups -OCH3 is 1. The Morgan fingerprint density at radius 1 is 0.878 bits per heavy atom. The maximum absolute atomic E-state index is 13.3. The van der Waals surface area contributed by atoms with Crippen LogP contribution < -0.4 is 9.47 Å². The van der Waals surface area contributed by atoms with Crippen LogP contribution in [-0.4, -0.2) is 31.4 Å². The average molecular weight is 575 g/mol. The highest BCUT2D eigenvalue weighted by atomic mass is 32.2. The maximum Gasteiger partial charge on any atom is 0.339 e. The summed E-state index contributed by atoms with van der Waals surface area (Å²) in [4.78, 5) is 14.1. The molecule has 0 aromatic heterocycles. The number of ether oxygens (including phenoxy) is 3. The largest absolute Gasteiger partial charge is 0.507 e. The minimum absolute atomic E-state index is 0.0901. The molecule has 1 N–H and O–H groups in total. The van der Waals surface area contributed by atoms with E-state index in [-0.39, 0.29) is 17.5 Å². The van der Waals surface area contributed by atoms with Crippen LogP contribution in [0.3, 0.4) is 0 Å². The van der Waals surface area contributed by atoms with Gasteiger partial charge in [0.1, 0.15) is 23.1 Å². The Hall–Kier alpha value is -3.97. The molecule has 4 rings (SSSR count). The van der Waals surface area contributed by atoms with Gasteiger partial charge in [-0.3, -0.25) is 0 Å². The van der Waals surface area contributed by atoms with E-state index < -0.39 is 0 Å². The van der Waals surface area contributed by atoms with E-state index in [2.05, 4.69) is 6.92 Å². The van der Waals surface area contributed by atoms with Gasteiger partial charge in [-0.15, -0.1) is 0 Å². The highest BCUT2D eigenvalue weighted by Gasteiger charge is 2.16. The van der Waals surface area contributed by atoms with E-state index in [0.717, 1.165) is 51.5 Å². The molecular weight excluding hydrogens is 539 g/mol. The Bertz CT molecular complexity index is 1470. The van der Waals surface area contributed by atoms with Gasteiger partial charge in [-0.05, 0) is 66.4 Å². The van der Waals surface area contributed by atoms with E-state index in [0.29, 0.717) is 36.5 Å². The number of benzene rings is 4. The highest BCUT2D eigenvalue weighted by molar-refractivity contribution is 7.99. The van der Waals surface area contributed by atoms with Crippen molar-refractivity contribution in [2.75, 3.05) is 20.3 Å². The number of hydrogen-bond donors (Lipinski definition) is 1. The lowest BCUT2D eigenvalue weighted by molar-refractivity contribution is 0.0596. The van der Waals surface area contributed by atoms with Gasteiger partial charge in [0, 0.05) is 33.4 Å². The monoisotopic (exact) mass is 574 g/mol. The highest BCUT2D eigenvalue weighted by Crippen LogP contribution is 2.38. The molecule has 7 heteroatoms. The topological polar surface area (TPSA) is 65.0 Å². The number of phenols is 1. The normalized spacial score (nSPS) is 10.8. The second-order valence-corrected chi connectivity index (χ2v) is 10.5. The van der Waals surface area contributed by atoms with Crippen LogP contribution in [0.1, 0.15) is 48.2 Å². The molecule has 4 aromatic carbocycles. The minimum atomic E-state index is -0.359. The lowest BCUT2D eigenvalue weighted by Crippen LogP contribution is -2.07. The summed E-state index contributed by atoms with van der Waals surface area (Å²) in [6.07, 6.45) is 3.17. The standard InChI is InChI=1S/C34H35FO5S/c1-4-10-26-30(12-8-14-32(26)41-33-13-7-6-11-27(33)34(37)38-3)39-19-9-20-40-31-22-29(36)28(21-23(31)5-2)24-15-17-25(35)18-16-24/h6-8,11-18,21-22,36H,4-5,9-10,19-20H2,1-3H3. The fourth-order valence-electron chi connectivity index (χ4n) is 4.53. The van der Waals surface area contributed by atoms with Crippen molar-refractivity contribution in [1.82, 2.24) is 0 Å². The first-order chi connectivity index (χ1) is 19.9. The van der Waals surface area contributed by atoms with E-state index in [9.17, 15) is 14.3 Å². The zero-order valence-corrected chi connectivity index (χ0v) is 24.4. The van der Waals surface area contributed by atoms with Crippen LogP contribution in [0.15, 0.2) is 88.7 Å². The Morgan fingerprint density at radius 2 is 1.59 bits per heavy atom. The number of phenolic OH excluding ortho intramolecular Hbond substituents is 1. The number of carbonyl (C=O) groups excluding carboxylic acids is 1. The number of rotatable bonds is 13. The Labute approximate surface area is 245 Å². The molecule has 0 bridgehead atoms. The molecule has 0 heterocycles. The Kier molecular flexibility index (Phi) is 10.7. The van der Waals surface area contributed by atoms with Crippen LogP contribution in [0.5, 0.6) is 17.2 Å². The second-order valence-electron chi connectivity index (χ2n) is 9.46. The van der Waals surface area contributed by atoms with Crippen molar-refractivity contribution >= 4 is 17.7 Å². The molecule has 214 valence electrons. The van der Waals surface area contributed by atoms with E-state index in [1.54, 1.807) is 24.3 Å². The molecule has 0 aliphatic carbocycles. The van der Waals surface area contributed by atoms with Crippen molar-refractivity contribution in [1.29, 1.82) is 0 Å². The third-order valence-corrected chi connectivity index (χ3v) is 7.80. The van der Waals surface area contributed by atoms with Crippen LogP contribution in [-0.2, 0) is 17.6 Å². The minimum Gasteiger partial charge on any atom is -0.507 e. The van der Waals surface area contributed by atoms with Crippen molar-refractivity contribution < 1.29 is 28.5 Å². The molecule has 41 heavy (non-hydrogen) atoms. The fraction of sp³-hybridized carbons (Fsp3) is 0.265. The predicted octanol–water partition coefficient (Wildman–Crippen LogP) is 8.50. The van der Waals surface area contributed by atoms with Gasteiger partial charge >= 0.3 is 5.97 Å². The summed E-state index contributed by atoms with van der Waals surface area (Å²) in [5, 5.41) is 10.6. The van der Waals surface area contributed by atoms with E-state index in [1.165, 1.54) is 31.0 Å². The SMILES string of the molecule is CCCc1c(OCCCOc2cc(O)c(-c3ccc(F)cc3)cc2CC)cccc1Sc1ccccc1C(=O)OC. The second kappa shape index (κ2) is 14.6. The summed E-state index contributed by atoms with van der Waals surface area (Å²) >= 11 is 1.54. The van der Waals surface area contributed by atoms with E-state index >= 15 is 0 Å². The van der Waals surface area contributed by atoms with Gasteiger partial charge in [-0.25, -0.2) is 9.18 Å². The van der Waals surface area contributed by atoms with Gasteiger partial charge in [0.15, 0.2) is 0 Å². The van der Waals surface area contributed by atoms with Crippen LogP contribution >= 0.6 is 11.8 Å². The number of aryl methyl sites for hydroxylation is 1. The number of hydrogen-bond acceptors (Lipinski definition) is 6. The van der Waals surface area contributed by atoms with Crippen molar-refractivity contribution in [3.8, 4) is 28.4 Å². The first-order valence-electron chi connectivity index (χ1n) is 13.8. The summed E-state index contributed by atoms with van der Waals surface area (Å²) in [5.74, 6) is 0.866. The summed E-state index contributed by atoms with van der Waals surface area (Å²) in [7, 11) is 1.39. The van der Waals surface area contributed by atoms with Gasteiger partial charge in [-0.2, -0.15) is 0 Å². The zero-order chi connectivity index (χ0) is 29.2. The van der Waals surface area contributed by atoms with Crippen molar-refractivity contribution in [2.24, 2.45) is 0 Å². The molecular formula is C34H35FO5S. The first-order valence-corrected chi connectivity index (χ1v) is 14.6. The Balaban J connectivity index is 1.40. The summed E-state index contributed by atoms with van der Waals surface area (Å²) in [6.45, 7) is 5.04. The molecule has 0 fully saturated rings. The maximum atomic E-state index is 13.3. The lowest BCUT2D eigenvalue weighted by atomic mass is 10.00. The molecule has 5 nitrogen and oxygen atoms in total.